The van der Waals surface area contributed by atoms with Gasteiger partial charge < -0.3 is 14.9 Å². The average Bonchev–Trinajstić information content (AvgIpc) is 2.36. The number of aliphatic hydroxyl groups excluding tert-OH is 1. The highest BCUT2D eigenvalue weighted by atomic mass is 16.6. The molecule has 0 unspecified atom stereocenters. The van der Waals surface area contributed by atoms with E-state index >= 15 is 0 Å². The predicted molar refractivity (Wildman–Crippen MR) is 68.7 cm³/mol. The fourth-order valence-electron chi connectivity index (χ4n) is 2.81. The third-order valence-electron chi connectivity index (χ3n) is 4.51. The summed E-state index contributed by atoms with van der Waals surface area (Å²) in [6.45, 7) is 11.2. The van der Waals surface area contributed by atoms with Gasteiger partial charge >= 0.3 is 5.97 Å². The molecule has 2 atom stereocenters. The largest absolute Gasteiger partial charge is 0.460 e. The topological polar surface area (TPSA) is 66.8 Å². The first-order chi connectivity index (χ1) is 7.92. The van der Waals surface area contributed by atoms with E-state index in [1.807, 2.05) is 41.5 Å². The van der Waals surface area contributed by atoms with Crippen molar-refractivity contribution in [2.24, 2.45) is 16.7 Å². The number of hydrogen-bond acceptors (Lipinski definition) is 4. The Bertz CT molecular complexity index is 327. The monoisotopic (exact) mass is 258 g/mol. The lowest BCUT2D eigenvalue weighted by Crippen LogP contribution is -2.46. The normalized spacial score (nSPS) is 31.7. The van der Waals surface area contributed by atoms with E-state index in [-0.39, 0.29) is 11.9 Å². The maximum atomic E-state index is 12.4. The Kier molecular flexibility index (Phi) is 3.86. The molecule has 2 N–H and O–H groups in total. The molecular formula is C14H26O4. The fraction of sp³-hybridized carbons (Fsp3) is 0.929. The minimum Gasteiger partial charge on any atom is -0.460 e. The molecule has 1 aliphatic carbocycles. The zero-order chi connectivity index (χ0) is 14.4. The first-order valence-corrected chi connectivity index (χ1v) is 6.51. The summed E-state index contributed by atoms with van der Waals surface area (Å²) < 4.78 is 5.49. The van der Waals surface area contributed by atoms with Gasteiger partial charge in [-0.2, -0.15) is 0 Å². The number of rotatable bonds is 2. The van der Waals surface area contributed by atoms with E-state index in [0.717, 1.165) is 0 Å². The number of aliphatic hydroxyl groups is 2. The zero-order valence-corrected chi connectivity index (χ0v) is 12.3. The Morgan fingerprint density at radius 3 is 2.11 bits per heavy atom. The number of hydrogen-bond donors (Lipinski definition) is 2. The summed E-state index contributed by atoms with van der Waals surface area (Å²) in [5, 5.41) is 18.9. The van der Waals surface area contributed by atoms with E-state index in [9.17, 15) is 15.0 Å². The van der Waals surface area contributed by atoms with Crippen molar-refractivity contribution >= 4 is 5.97 Å². The van der Waals surface area contributed by atoms with Crippen LogP contribution in [0, 0.1) is 16.7 Å². The van der Waals surface area contributed by atoms with Crippen LogP contribution in [0.5, 0.6) is 0 Å². The SMILES string of the molecule is CC(C)(C)OC(=O)[C@]1(C)CC[C@H](C(O)O)C1(C)C. The molecule has 18 heavy (non-hydrogen) atoms. The van der Waals surface area contributed by atoms with Crippen LogP contribution in [0.1, 0.15) is 54.4 Å². The summed E-state index contributed by atoms with van der Waals surface area (Å²) in [7, 11) is 0. The summed E-state index contributed by atoms with van der Waals surface area (Å²) >= 11 is 0. The third-order valence-corrected chi connectivity index (χ3v) is 4.51. The Hall–Kier alpha value is -0.610. The van der Waals surface area contributed by atoms with Crippen molar-refractivity contribution in [2.45, 2.75) is 66.3 Å². The fourth-order valence-corrected chi connectivity index (χ4v) is 2.81. The molecule has 106 valence electrons. The first kappa shape index (κ1) is 15.4. The highest BCUT2D eigenvalue weighted by Crippen LogP contribution is 2.57. The van der Waals surface area contributed by atoms with Crippen LogP contribution in [0.25, 0.3) is 0 Å². The molecule has 1 rings (SSSR count). The van der Waals surface area contributed by atoms with Crippen LogP contribution in [0.15, 0.2) is 0 Å². The lowest BCUT2D eigenvalue weighted by molar-refractivity contribution is -0.178. The van der Waals surface area contributed by atoms with Gasteiger partial charge in [0.25, 0.3) is 0 Å². The lowest BCUT2D eigenvalue weighted by Gasteiger charge is -2.41. The maximum absolute atomic E-state index is 12.4. The first-order valence-electron chi connectivity index (χ1n) is 6.51. The molecule has 4 nitrogen and oxygen atoms in total. The van der Waals surface area contributed by atoms with E-state index in [4.69, 9.17) is 4.74 Å². The second-order valence-electron chi connectivity index (χ2n) is 7.11. The van der Waals surface area contributed by atoms with Crippen molar-refractivity contribution < 1.29 is 19.7 Å². The Morgan fingerprint density at radius 2 is 1.78 bits per heavy atom. The molecule has 0 amide bonds. The van der Waals surface area contributed by atoms with Crippen molar-refractivity contribution in [1.29, 1.82) is 0 Å². The molecule has 4 heteroatoms. The van der Waals surface area contributed by atoms with Gasteiger partial charge in [0.2, 0.25) is 0 Å². The highest BCUT2D eigenvalue weighted by molar-refractivity contribution is 5.78. The molecule has 1 saturated carbocycles. The van der Waals surface area contributed by atoms with Gasteiger partial charge in [0.15, 0.2) is 6.29 Å². The van der Waals surface area contributed by atoms with E-state index in [1.54, 1.807) is 0 Å². The maximum Gasteiger partial charge on any atom is 0.312 e. The molecule has 1 fully saturated rings. The van der Waals surface area contributed by atoms with Crippen LogP contribution in [0.3, 0.4) is 0 Å². The van der Waals surface area contributed by atoms with Gasteiger partial charge in [-0.05, 0) is 46.0 Å². The van der Waals surface area contributed by atoms with Crippen LogP contribution in [-0.4, -0.2) is 28.1 Å². The molecule has 0 aromatic heterocycles. The van der Waals surface area contributed by atoms with E-state index in [0.29, 0.717) is 12.8 Å². The second kappa shape index (κ2) is 4.49. The van der Waals surface area contributed by atoms with Crippen molar-refractivity contribution in [2.75, 3.05) is 0 Å². The molecule has 1 aliphatic rings. The summed E-state index contributed by atoms with van der Waals surface area (Å²) in [6.07, 6.45) is -0.137. The van der Waals surface area contributed by atoms with Crippen LogP contribution in [-0.2, 0) is 9.53 Å². The van der Waals surface area contributed by atoms with E-state index < -0.39 is 22.7 Å². The minimum absolute atomic E-state index is 0.247. The third kappa shape index (κ3) is 2.54. The number of esters is 1. The van der Waals surface area contributed by atoms with Crippen molar-refractivity contribution in [3.8, 4) is 0 Å². The molecule has 0 spiro atoms. The van der Waals surface area contributed by atoms with Gasteiger partial charge in [-0.1, -0.05) is 13.8 Å². The van der Waals surface area contributed by atoms with Gasteiger partial charge in [0, 0.05) is 5.92 Å². The van der Waals surface area contributed by atoms with Crippen molar-refractivity contribution in [3.05, 3.63) is 0 Å². The highest BCUT2D eigenvalue weighted by Gasteiger charge is 2.58. The standard InChI is InChI=1S/C14H26O4/c1-12(2,3)18-11(17)14(6)8-7-9(10(15)16)13(14,4)5/h9-10,15-16H,7-8H2,1-6H3/t9-,14+/m1/s1. The number of carbonyl (C=O) groups excluding carboxylic acids is 1. The molecule has 0 heterocycles. The average molecular weight is 258 g/mol. The van der Waals surface area contributed by atoms with Crippen molar-refractivity contribution in [1.82, 2.24) is 0 Å². The van der Waals surface area contributed by atoms with Crippen LogP contribution in [0.4, 0.5) is 0 Å². The van der Waals surface area contributed by atoms with Crippen LogP contribution in [0.2, 0.25) is 0 Å². The molecule has 0 aromatic rings. The Labute approximate surface area is 109 Å². The molecule has 0 bridgehead atoms. The Morgan fingerprint density at radius 1 is 1.28 bits per heavy atom. The van der Waals surface area contributed by atoms with E-state index in [1.165, 1.54) is 0 Å². The summed E-state index contributed by atoms with van der Waals surface area (Å²) in [5.74, 6) is -0.543. The number of carbonyl (C=O) groups is 1. The predicted octanol–water partition coefficient (Wildman–Crippen LogP) is 2.08. The van der Waals surface area contributed by atoms with Gasteiger partial charge in [0.05, 0.1) is 5.41 Å². The summed E-state index contributed by atoms with van der Waals surface area (Å²) in [6, 6.07) is 0. The summed E-state index contributed by atoms with van der Waals surface area (Å²) in [5.41, 5.74) is -1.69. The molecule has 0 aliphatic heterocycles. The van der Waals surface area contributed by atoms with Crippen molar-refractivity contribution in [3.63, 3.8) is 0 Å². The van der Waals surface area contributed by atoms with Gasteiger partial charge in [-0.15, -0.1) is 0 Å². The number of ether oxygens (including phenoxy) is 1. The van der Waals surface area contributed by atoms with Gasteiger partial charge in [-0.3, -0.25) is 4.79 Å². The van der Waals surface area contributed by atoms with Crippen LogP contribution < -0.4 is 0 Å². The molecule has 0 saturated heterocycles. The van der Waals surface area contributed by atoms with Gasteiger partial charge in [0.1, 0.15) is 5.60 Å². The smallest absolute Gasteiger partial charge is 0.312 e. The molecule has 0 radical (unpaired) electrons. The molecular weight excluding hydrogens is 232 g/mol. The lowest BCUT2D eigenvalue weighted by atomic mass is 9.65. The Balaban J connectivity index is 2.97. The van der Waals surface area contributed by atoms with E-state index in [2.05, 4.69) is 0 Å². The summed E-state index contributed by atoms with van der Waals surface area (Å²) in [4.78, 5) is 12.4. The van der Waals surface area contributed by atoms with Gasteiger partial charge in [-0.25, -0.2) is 0 Å². The zero-order valence-electron chi connectivity index (χ0n) is 12.3. The minimum atomic E-state index is -1.38. The van der Waals surface area contributed by atoms with Crippen LogP contribution >= 0.6 is 0 Å². The second-order valence-corrected chi connectivity index (χ2v) is 7.11. The molecule has 0 aromatic carbocycles. The quantitative estimate of drug-likeness (QED) is 0.588.